The first-order chi connectivity index (χ1) is 4.18. The van der Waals surface area contributed by atoms with Crippen molar-refractivity contribution in [2.24, 2.45) is 0 Å². The van der Waals surface area contributed by atoms with Crippen LogP contribution < -0.4 is 0 Å². The Balaban J connectivity index is 3.28. The molecule has 2 nitrogen and oxygen atoms in total. The summed E-state index contributed by atoms with van der Waals surface area (Å²) in [4.78, 5) is 10.8. The van der Waals surface area contributed by atoms with E-state index in [4.69, 9.17) is 4.74 Å². The quantitative estimate of drug-likeness (QED) is 0.543. The molecule has 0 amide bonds. The van der Waals surface area contributed by atoms with E-state index in [1.54, 1.807) is 0 Å². The van der Waals surface area contributed by atoms with Crippen LogP contribution in [-0.2, 0) is 9.53 Å². The first kappa shape index (κ1) is 8.85. The zero-order valence-corrected chi connectivity index (χ0v) is 7.46. The molecule has 0 aliphatic carbocycles. The van der Waals surface area contributed by atoms with E-state index in [-0.39, 0.29) is 0 Å². The number of carbonyl (C=O) groups excluding carboxylic acids is 1. The third-order valence-corrected chi connectivity index (χ3v) is 2.55. The lowest BCUT2D eigenvalue weighted by atomic mass is 10.8. The van der Waals surface area contributed by atoms with Gasteiger partial charge in [0.1, 0.15) is 14.2 Å². The van der Waals surface area contributed by atoms with Gasteiger partial charge in [-0.2, -0.15) is 0 Å². The zero-order valence-electron chi connectivity index (χ0n) is 6.31. The van der Waals surface area contributed by atoms with Gasteiger partial charge < -0.3 is 9.53 Å². The topological polar surface area (TPSA) is 26.3 Å². The lowest BCUT2D eigenvalue weighted by molar-refractivity contribution is -0.116. The highest BCUT2D eigenvalue weighted by Crippen LogP contribution is 1.84. The van der Waals surface area contributed by atoms with E-state index in [2.05, 4.69) is 0 Å². The predicted octanol–water partition coefficient (Wildman–Crippen LogP) is 0.618. The van der Waals surface area contributed by atoms with E-state index < -0.39 is 8.80 Å². The van der Waals surface area contributed by atoms with Crippen LogP contribution >= 0.6 is 0 Å². The third kappa shape index (κ3) is 4.36. The molecule has 0 atom stereocenters. The van der Waals surface area contributed by atoms with E-state index in [1.807, 2.05) is 20.0 Å². The molecule has 0 aromatic rings. The summed E-state index contributed by atoms with van der Waals surface area (Å²) < 4.78 is 4.94. The number of rotatable bonds is 4. The Labute approximate surface area is 57.8 Å². The first-order valence-corrected chi connectivity index (χ1v) is 6.17. The molecule has 0 heterocycles. The molecular weight excluding hydrogens is 132 g/mol. The fraction of sp³-hybridized carbons (Fsp3) is 0.833. The van der Waals surface area contributed by atoms with Gasteiger partial charge in [0.2, 0.25) is 0 Å². The summed E-state index contributed by atoms with van der Waals surface area (Å²) in [6.07, 6.45) is 0. The van der Waals surface area contributed by atoms with Crippen LogP contribution in [0, 0.1) is 0 Å². The van der Waals surface area contributed by atoms with Crippen molar-refractivity contribution in [2.45, 2.75) is 20.0 Å². The van der Waals surface area contributed by atoms with Crippen molar-refractivity contribution >= 4 is 14.2 Å². The number of hydrogen-bond donors (Lipinski definition) is 0. The summed E-state index contributed by atoms with van der Waals surface area (Å²) in [6, 6.07) is 0. The van der Waals surface area contributed by atoms with E-state index in [0.717, 1.165) is 0 Å². The van der Waals surface area contributed by atoms with Crippen molar-refractivity contribution in [1.82, 2.24) is 0 Å². The van der Waals surface area contributed by atoms with Crippen molar-refractivity contribution in [3.05, 3.63) is 0 Å². The van der Waals surface area contributed by atoms with Gasteiger partial charge in [0.05, 0.1) is 6.61 Å². The molecule has 0 N–H and O–H groups in total. The Kier molecular flexibility index (Phi) is 4.62. The van der Waals surface area contributed by atoms with Crippen LogP contribution in [0.1, 0.15) is 6.92 Å². The summed E-state index contributed by atoms with van der Waals surface area (Å²) in [5, 5.41) is 0.317. The molecule has 0 aromatic carbocycles. The molecule has 0 aromatic heterocycles. The molecule has 0 radical (unpaired) electrons. The van der Waals surface area contributed by atoms with E-state index in [0.29, 0.717) is 18.6 Å². The summed E-state index contributed by atoms with van der Waals surface area (Å²) in [6.45, 7) is 6.91. The van der Waals surface area contributed by atoms with E-state index >= 15 is 0 Å². The monoisotopic (exact) mass is 146 g/mol. The average molecular weight is 146 g/mol. The fourth-order valence-electron chi connectivity index (χ4n) is 0.369. The third-order valence-electron chi connectivity index (χ3n) is 1.09. The summed E-state index contributed by atoms with van der Waals surface area (Å²) in [5.74, 6) is 0. The van der Waals surface area contributed by atoms with Crippen molar-refractivity contribution in [2.75, 3.05) is 13.2 Å². The Hall–Kier alpha value is -0.153. The minimum absolute atomic E-state index is 0.317. The second-order valence-corrected chi connectivity index (χ2v) is 5.21. The molecule has 0 aliphatic rings. The summed E-state index contributed by atoms with van der Waals surface area (Å²) in [7, 11) is -1.06. The molecule has 0 rings (SSSR count). The van der Waals surface area contributed by atoms with Crippen LogP contribution in [0.25, 0.3) is 0 Å². The molecule has 0 aliphatic heterocycles. The van der Waals surface area contributed by atoms with Gasteiger partial charge in [0.15, 0.2) is 0 Å². The second-order valence-electron chi connectivity index (χ2n) is 2.26. The highest BCUT2D eigenvalue weighted by molar-refractivity contribution is 6.88. The Morgan fingerprint density at radius 3 is 2.44 bits per heavy atom. The van der Waals surface area contributed by atoms with Crippen molar-refractivity contribution in [3.63, 3.8) is 0 Å². The van der Waals surface area contributed by atoms with Crippen molar-refractivity contribution in [1.29, 1.82) is 0 Å². The zero-order chi connectivity index (χ0) is 7.28. The molecule has 0 unspecified atom stereocenters. The van der Waals surface area contributed by atoms with Crippen molar-refractivity contribution in [3.8, 4) is 0 Å². The molecule has 9 heavy (non-hydrogen) atoms. The van der Waals surface area contributed by atoms with Crippen LogP contribution in [0.5, 0.6) is 0 Å². The molecule has 0 saturated carbocycles. The number of carbonyl (C=O) groups is 1. The maximum absolute atomic E-state index is 10.8. The molecular formula is C6H14O2Si. The SMILES string of the molecule is CCOCC(=O)[SiH](C)C. The minimum Gasteiger partial charge on any atom is -0.374 e. The van der Waals surface area contributed by atoms with E-state index in [9.17, 15) is 4.79 Å². The standard InChI is InChI=1S/C6H14O2Si/c1-4-8-5-6(7)9(2)3/h9H,4-5H2,1-3H3. The smallest absolute Gasteiger partial charge is 0.132 e. The maximum Gasteiger partial charge on any atom is 0.132 e. The largest absolute Gasteiger partial charge is 0.374 e. The molecule has 54 valence electrons. The average Bonchev–Trinajstić information content (AvgIpc) is 1.82. The van der Waals surface area contributed by atoms with Crippen LogP contribution in [0.3, 0.4) is 0 Å². The highest BCUT2D eigenvalue weighted by atomic mass is 28.3. The maximum atomic E-state index is 10.8. The van der Waals surface area contributed by atoms with Gasteiger partial charge in [-0.15, -0.1) is 0 Å². The van der Waals surface area contributed by atoms with Crippen molar-refractivity contribution < 1.29 is 9.53 Å². The molecule has 0 bridgehead atoms. The molecule has 0 fully saturated rings. The van der Waals surface area contributed by atoms with Crippen LogP contribution in [0.15, 0.2) is 0 Å². The summed E-state index contributed by atoms with van der Waals surface area (Å²) >= 11 is 0. The van der Waals surface area contributed by atoms with Gasteiger partial charge in [-0.25, -0.2) is 0 Å². The van der Waals surface area contributed by atoms with Gasteiger partial charge in [-0.05, 0) is 6.92 Å². The lowest BCUT2D eigenvalue weighted by Crippen LogP contribution is -2.22. The van der Waals surface area contributed by atoms with Gasteiger partial charge in [0, 0.05) is 6.61 Å². The summed E-state index contributed by atoms with van der Waals surface area (Å²) in [5.41, 5.74) is 0. The highest BCUT2D eigenvalue weighted by Gasteiger charge is 2.06. The number of hydrogen-bond acceptors (Lipinski definition) is 2. The Bertz CT molecular complexity index is 91.1. The molecule has 0 spiro atoms. The fourth-order valence-corrected chi connectivity index (χ4v) is 0.821. The van der Waals surface area contributed by atoms with Crippen LogP contribution in [0.4, 0.5) is 0 Å². The van der Waals surface area contributed by atoms with Gasteiger partial charge in [-0.1, -0.05) is 13.1 Å². The van der Waals surface area contributed by atoms with Crippen LogP contribution in [-0.4, -0.2) is 27.4 Å². The molecule has 0 saturated heterocycles. The Morgan fingerprint density at radius 1 is 1.56 bits per heavy atom. The minimum atomic E-state index is -1.06. The predicted molar refractivity (Wildman–Crippen MR) is 40.4 cm³/mol. The lowest BCUT2D eigenvalue weighted by Gasteiger charge is -2.00. The van der Waals surface area contributed by atoms with Gasteiger partial charge >= 0.3 is 0 Å². The number of ether oxygens (including phenoxy) is 1. The first-order valence-electron chi connectivity index (χ1n) is 3.29. The molecule has 3 heteroatoms. The van der Waals surface area contributed by atoms with Gasteiger partial charge in [-0.3, -0.25) is 0 Å². The Morgan fingerprint density at radius 2 is 2.11 bits per heavy atom. The normalized spacial score (nSPS) is 10.2. The van der Waals surface area contributed by atoms with E-state index in [1.165, 1.54) is 0 Å². The van der Waals surface area contributed by atoms with Gasteiger partial charge in [0.25, 0.3) is 0 Å². The van der Waals surface area contributed by atoms with Crippen LogP contribution in [0.2, 0.25) is 13.1 Å². The second kappa shape index (κ2) is 4.70.